The molecule has 9 heteroatoms. The van der Waals surface area contributed by atoms with Crippen LogP contribution < -0.4 is 0 Å². The Morgan fingerprint density at radius 1 is 1.17 bits per heavy atom. The molecule has 1 aliphatic heterocycles. The minimum absolute atomic E-state index is 0.292. The highest BCUT2D eigenvalue weighted by Crippen LogP contribution is 2.31. The number of sulfonamides is 1. The third-order valence-electron chi connectivity index (χ3n) is 5.05. The zero-order valence-electron chi connectivity index (χ0n) is 16.8. The second kappa shape index (κ2) is 9.40. The van der Waals surface area contributed by atoms with Crippen molar-refractivity contribution >= 4 is 48.7 Å². The molecule has 160 valence electrons. The molecule has 6 nitrogen and oxygen atoms in total. The Morgan fingerprint density at radius 3 is 2.67 bits per heavy atom. The Morgan fingerprint density at radius 2 is 1.93 bits per heavy atom. The molecule has 0 aliphatic carbocycles. The first-order valence-corrected chi connectivity index (χ1v) is 13.2. The minimum Gasteiger partial charge on any atom is -0.379 e. The summed E-state index contributed by atoms with van der Waals surface area (Å²) >= 11 is 5.27. The molecule has 0 unspecified atom stereocenters. The third kappa shape index (κ3) is 4.45. The molecule has 2 heterocycles. The fourth-order valence-electron chi connectivity index (χ4n) is 3.49. The number of halogens is 1. The fourth-order valence-corrected chi connectivity index (χ4v) is 6.58. The lowest BCUT2D eigenvalue weighted by atomic mass is 10.2. The maximum absolute atomic E-state index is 13.0. The molecule has 3 aromatic rings. The van der Waals surface area contributed by atoms with E-state index >= 15 is 0 Å². The number of fused-ring (bicyclic) bond motifs is 1. The first kappa shape index (κ1) is 21.8. The van der Waals surface area contributed by atoms with Crippen molar-refractivity contribution in [3.05, 3.63) is 52.5 Å². The summed E-state index contributed by atoms with van der Waals surface area (Å²) in [6.07, 6.45) is 0.974. The molecular formula is C21H24BrN3O3S2. The number of hydrogen-bond acceptors (Lipinski definition) is 5. The van der Waals surface area contributed by atoms with E-state index in [-0.39, 0.29) is 0 Å². The molecule has 0 radical (unpaired) electrons. The van der Waals surface area contributed by atoms with Gasteiger partial charge < -0.3 is 9.30 Å². The molecule has 0 atom stereocenters. The van der Waals surface area contributed by atoms with Crippen LogP contribution in [0.15, 0.2) is 57.0 Å². The van der Waals surface area contributed by atoms with Gasteiger partial charge >= 0.3 is 0 Å². The molecule has 1 aliphatic rings. The summed E-state index contributed by atoms with van der Waals surface area (Å²) in [5.74, 6) is 0.785. The van der Waals surface area contributed by atoms with Gasteiger partial charge in [-0.1, -0.05) is 52.8 Å². The number of imidazole rings is 1. The van der Waals surface area contributed by atoms with Crippen molar-refractivity contribution < 1.29 is 13.2 Å². The first-order valence-electron chi connectivity index (χ1n) is 9.95. The summed E-state index contributed by atoms with van der Waals surface area (Å²) in [5.41, 5.74) is 2.88. The van der Waals surface area contributed by atoms with Gasteiger partial charge in [0, 0.05) is 29.9 Å². The zero-order chi connectivity index (χ0) is 21.1. The number of morpholine rings is 1. The molecule has 2 aromatic carbocycles. The second-order valence-electron chi connectivity index (χ2n) is 7.09. The standard InChI is InChI=1S/C21H24BrN3O3S2/c1-2-9-25-20-8-7-17(30(26,27)24-10-12-28-13-11-24)14-19(20)23-21(25)29-15-16-5-3-4-6-18(16)22/h3-8,14H,2,9-13,15H2,1H3. The van der Waals surface area contributed by atoms with Crippen LogP contribution in [0.3, 0.4) is 0 Å². The van der Waals surface area contributed by atoms with Gasteiger partial charge in [0.05, 0.1) is 29.1 Å². The quantitative estimate of drug-likeness (QED) is 0.438. The lowest BCUT2D eigenvalue weighted by molar-refractivity contribution is 0.0730. The number of nitrogens with zero attached hydrogens (tertiary/aromatic N) is 3. The van der Waals surface area contributed by atoms with Crippen LogP contribution in [0.2, 0.25) is 0 Å². The van der Waals surface area contributed by atoms with Crippen molar-refractivity contribution in [3.63, 3.8) is 0 Å². The van der Waals surface area contributed by atoms with Crippen LogP contribution >= 0.6 is 27.7 Å². The van der Waals surface area contributed by atoms with E-state index in [0.717, 1.165) is 33.9 Å². The van der Waals surface area contributed by atoms with Crippen LogP contribution in [0.25, 0.3) is 11.0 Å². The van der Waals surface area contributed by atoms with Crippen molar-refractivity contribution in [1.82, 2.24) is 13.9 Å². The van der Waals surface area contributed by atoms with Gasteiger partial charge in [0.2, 0.25) is 10.0 Å². The largest absolute Gasteiger partial charge is 0.379 e. The monoisotopic (exact) mass is 509 g/mol. The van der Waals surface area contributed by atoms with Gasteiger partial charge in [0.15, 0.2) is 5.16 Å². The smallest absolute Gasteiger partial charge is 0.243 e. The molecule has 30 heavy (non-hydrogen) atoms. The lowest BCUT2D eigenvalue weighted by Crippen LogP contribution is -2.40. The van der Waals surface area contributed by atoms with Crippen molar-refractivity contribution in [2.24, 2.45) is 0 Å². The topological polar surface area (TPSA) is 64.4 Å². The van der Waals surface area contributed by atoms with Gasteiger partial charge in [0.25, 0.3) is 0 Å². The number of aryl methyl sites for hydroxylation is 1. The maximum atomic E-state index is 13.0. The summed E-state index contributed by atoms with van der Waals surface area (Å²) in [6.45, 7) is 4.61. The van der Waals surface area contributed by atoms with Crippen LogP contribution in [-0.4, -0.2) is 48.6 Å². The Labute approximate surface area is 189 Å². The maximum Gasteiger partial charge on any atom is 0.243 e. The number of ether oxygens (including phenoxy) is 1. The van der Waals surface area contributed by atoms with Gasteiger partial charge in [-0.3, -0.25) is 0 Å². The van der Waals surface area contributed by atoms with Crippen LogP contribution in [0.1, 0.15) is 18.9 Å². The van der Waals surface area contributed by atoms with E-state index in [2.05, 4.69) is 33.5 Å². The highest BCUT2D eigenvalue weighted by molar-refractivity contribution is 9.10. The molecular weight excluding hydrogens is 486 g/mol. The normalized spacial score (nSPS) is 15.7. The molecule has 0 amide bonds. The van der Waals surface area contributed by atoms with Crippen molar-refractivity contribution in [3.8, 4) is 0 Å². The van der Waals surface area contributed by atoms with E-state index in [0.29, 0.717) is 36.7 Å². The zero-order valence-corrected chi connectivity index (χ0v) is 20.0. The molecule has 0 bridgehead atoms. The summed E-state index contributed by atoms with van der Waals surface area (Å²) in [6, 6.07) is 13.4. The summed E-state index contributed by atoms with van der Waals surface area (Å²) in [5, 5.41) is 0.906. The summed E-state index contributed by atoms with van der Waals surface area (Å²) in [4.78, 5) is 5.09. The molecule has 1 saturated heterocycles. The predicted octanol–water partition coefficient (Wildman–Crippen LogP) is 4.52. The molecule has 0 saturated carbocycles. The molecule has 1 aromatic heterocycles. The number of rotatable bonds is 7. The average Bonchev–Trinajstić information content (AvgIpc) is 3.11. The highest BCUT2D eigenvalue weighted by Gasteiger charge is 2.27. The van der Waals surface area contributed by atoms with E-state index in [4.69, 9.17) is 9.72 Å². The van der Waals surface area contributed by atoms with E-state index in [9.17, 15) is 8.42 Å². The minimum atomic E-state index is -3.54. The van der Waals surface area contributed by atoms with E-state index in [1.165, 1.54) is 9.87 Å². The highest BCUT2D eigenvalue weighted by atomic mass is 79.9. The van der Waals surface area contributed by atoms with E-state index in [1.54, 1.807) is 23.9 Å². The van der Waals surface area contributed by atoms with E-state index in [1.807, 2.05) is 24.3 Å². The van der Waals surface area contributed by atoms with Gasteiger partial charge in [-0.15, -0.1) is 0 Å². The number of benzene rings is 2. The van der Waals surface area contributed by atoms with Gasteiger partial charge in [-0.05, 0) is 36.2 Å². The van der Waals surface area contributed by atoms with Crippen LogP contribution in [0, 0.1) is 0 Å². The second-order valence-corrected chi connectivity index (χ2v) is 10.8. The number of thioether (sulfide) groups is 1. The fraction of sp³-hybridized carbons (Fsp3) is 0.381. The molecule has 4 rings (SSSR count). The molecule has 0 N–H and O–H groups in total. The Hall–Kier alpha value is -1.39. The lowest BCUT2D eigenvalue weighted by Gasteiger charge is -2.26. The first-order chi connectivity index (χ1) is 14.5. The van der Waals surface area contributed by atoms with Gasteiger partial charge in [0.1, 0.15) is 0 Å². The summed E-state index contributed by atoms with van der Waals surface area (Å²) in [7, 11) is -3.54. The Kier molecular flexibility index (Phi) is 6.84. The number of hydrogen-bond donors (Lipinski definition) is 0. The Balaban J connectivity index is 1.66. The third-order valence-corrected chi connectivity index (χ3v) is 8.75. The van der Waals surface area contributed by atoms with Crippen LogP contribution in [0.5, 0.6) is 0 Å². The van der Waals surface area contributed by atoms with Gasteiger partial charge in [-0.2, -0.15) is 4.31 Å². The molecule has 1 fully saturated rings. The predicted molar refractivity (Wildman–Crippen MR) is 123 cm³/mol. The van der Waals surface area contributed by atoms with Crippen LogP contribution in [0.4, 0.5) is 0 Å². The van der Waals surface area contributed by atoms with Crippen molar-refractivity contribution in [1.29, 1.82) is 0 Å². The summed E-state index contributed by atoms with van der Waals surface area (Å²) < 4.78 is 36.1. The van der Waals surface area contributed by atoms with E-state index < -0.39 is 10.0 Å². The Bertz CT molecular complexity index is 1140. The van der Waals surface area contributed by atoms with Crippen molar-refractivity contribution in [2.45, 2.75) is 35.7 Å². The van der Waals surface area contributed by atoms with Crippen molar-refractivity contribution in [2.75, 3.05) is 26.3 Å². The molecule has 0 spiro atoms. The SMILES string of the molecule is CCCn1c(SCc2ccccc2Br)nc2cc(S(=O)(=O)N3CCOCC3)ccc21. The average molecular weight is 510 g/mol. The van der Waals surface area contributed by atoms with Crippen LogP contribution in [-0.2, 0) is 27.1 Å². The van der Waals surface area contributed by atoms with Gasteiger partial charge in [-0.25, -0.2) is 13.4 Å². The number of aromatic nitrogens is 2.